The molecule has 1 aromatic rings. The highest BCUT2D eigenvalue weighted by Crippen LogP contribution is 2.38. The Morgan fingerprint density at radius 3 is 2.44 bits per heavy atom. The quantitative estimate of drug-likeness (QED) is 0.571. The maximum absolute atomic E-state index is 9.68. The van der Waals surface area contributed by atoms with Crippen LogP contribution < -0.4 is 5.32 Å². The molecular formula is C12H17NO3. The van der Waals surface area contributed by atoms with Crippen molar-refractivity contribution >= 4 is 0 Å². The number of phenolic OH excluding ortho intramolecular Hbond substituents is 3. The van der Waals surface area contributed by atoms with Crippen molar-refractivity contribution in [3.63, 3.8) is 0 Å². The Hall–Kier alpha value is -1.42. The molecule has 2 rings (SSSR count). The Labute approximate surface area is 94.5 Å². The molecule has 0 spiro atoms. The Bertz CT molecular complexity index is 373. The van der Waals surface area contributed by atoms with Crippen molar-refractivity contribution in [2.75, 3.05) is 13.1 Å². The molecule has 1 saturated heterocycles. The van der Waals surface area contributed by atoms with E-state index in [1.165, 1.54) is 6.07 Å². The Balaban J connectivity index is 2.11. The van der Waals surface area contributed by atoms with E-state index >= 15 is 0 Å². The predicted molar refractivity (Wildman–Crippen MR) is 60.7 cm³/mol. The monoisotopic (exact) mass is 223 g/mol. The summed E-state index contributed by atoms with van der Waals surface area (Å²) in [5.41, 5.74) is 0.710. The zero-order valence-electron chi connectivity index (χ0n) is 9.11. The van der Waals surface area contributed by atoms with E-state index < -0.39 is 5.75 Å². The van der Waals surface area contributed by atoms with Crippen molar-refractivity contribution in [1.29, 1.82) is 0 Å². The molecule has 1 aliphatic heterocycles. The second-order valence-electron chi connectivity index (χ2n) is 4.34. The van der Waals surface area contributed by atoms with Gasteiger partial charge in [0.05, 0.1) is 0 Å². The van der Waals surface area contributed by atoms with Crippen LogP contribution in [0.15, 0.2) is 12.1 Å². The first kappa shape index (κ1) is 11.1. The lowest BCUT2D eigenvalue weighted by Crippen LogP contribution is -2.28. The second-order valence-corrected chi connectivity index (χ2v) is 4.34. The van der Waals surface area contributed by atoms with Crippen LogP contribution in [0.3, 0.4) is 0 Å². The largest absolute Gasteiger partial charge is 0.504 e. The van der Waals surface area contributed by atoms with Crippen LogP contribution in [0.4, 0.5) is 0 Å². The molecule has 0 saturated carbocycles. The van der Waals surface area contributed by atoms with Gasteiger partial charge in [-0.1, -0.05) is 6.07 Å². The van der Waals surface area contributed by atoms with E-state index in [2.05, 4.69) is 5.32 Å². The fraction of sp³-hybridized carbons (Fsp3) is 0.500. The van der Waals surface area contributed by atoms with Gasteiger partial charge in [0.1, 0.15) is 0 Å². The first-order valence-electron chi connectivity index (χ1n) is 5.62. The molecule has 0 aliphatic carbocycles. The number of piperidine rings is 1. The molecule has 0 atom stereocenters. The number of hydrogen-bond donors (Lipinski definition) is 4. The molecule has 4 heteroatoms. The van der Waals surface area contributed by atoms with Crippen molar-refractivity contribution in [2.24, 2.45) is 5.92 Å². The van der Waals surface area contributed by atoms with Gasteiger partial charge in [0.2, 0.25) is 5.75 Å². The van der Waals surface area contributed by atoms with Crippen LogP contribution in [0.5, 0.6) is 17.2 Å². The normalized spacial score (nSPS) is 17.5. The van der Waals surface area contributed by atoms with Crippen LogP contribution in [0.2, 0.25) is 0 Å². The third-order valence-corrected chi connectivity index (χ3v) is 3.18. The number of phenols is 3. The number of benzene rings is 1. The van der Waals surface area contributed by atoms with E-state index in [1.807, 2.05) is 0 Å². The van der Waals surface area contributed by atoms with Crippen molar-refractivity contribution in [3.05, 3.63) is 17.7 Å². The SMILES string of the molecule is Oc1ccc(CC2CCNCC2)c(O)c1O. The summed E-state index contributed by atoms with van der Waals surface area (Å²) in [6.45, 7) is 2.02. The van der Waals surface area contributed by atoms with Crippen LogP contribution in [-0.4, -0.2) is 28.4 Å². The summed E-state index contributed by atoms with van der Waals surface area (Å²) in [6, 6.07) is 3.10. The predicted octanol–water partition coefficient (Wildman–Crippen LogP) is 1.35. The van der Waals surface area contributed by atoms with Crippen LogP contribution in [0.1, 0.15) is 18.4 Å². The minimum atomic E-state index is -0.411. The maximum Gasteiger partial charge on any atom is 0.200 e. The van der Waals surface area contributed by atoms with Crippen molar-refractivity contribution in [3.8, 4) is 17.2 Å². The van der Waals surface area contributed by atoms with Crippen LogP contribution in [0.25, 0.3) is 0 Å². The molecule has 1 aliphatic rings. The molecule has 0 bridgehead atoms. The molecule has 0 aromatic heterocycles. The first-order valence-corrected chi connectivity index (χ1v) is 5.62. The lowest BCUT2D eigenvalue weighted by atomic mass is 9.90. The van der Waals surface area contributed by atoms with E-state index in [9.17, 15) is 15.3 Å². The number of hydrogen-bond acceptors (Lipinski definition) is 4. The summed E-state index contributed by atoms with van der Waals surface area (Å²) in [7, 11) is 0. The molecule has 1 fully saturated rings. The van der Waals surface area contributed by atoms with E-state index in [0.29, 0.717) is 11.5 Å². The maximum atomic E-state index is 9.68. The van der Waals surface area contributed by atoms with Gasteiger partial charge < -0.3 is 20.6 Å². The number of nitrogens with one attached hydrogen (secondary N) is 1. The summed E-state index contributed by atoms with van der Waals surface area (Å²) in [5, 5.41) is 31.6. The molecule has 4 N–H and O–H groups in total. The smallest absolute Gasteiger partial charge is 0.200 e. The fourth-order valence-electron chi connectivity index (χ4n) is 2.17. The highest BCUT2D eigenvalue weighted by molar-refractivity contribution is 5.53. The highest BCUT2D eigenvalue weighted by atomic mass is 16.3. The highest BCUT2D eigenvalue weighted by Gasteiger charge is 2.17. The molecule has 16 heavy (non-hydrogen) atoms. The van der Waals surface area contributed by atoms with Gasteiger partial charge in [0.15, 0.2) is 11.5 Å². The van der Waals surface area contributed by atoms with Gasteiger partial charge in [-0.25, -0.2) is 0 Å². The molecule has 0 amide bonds. The van der Waals surface area contributed by atoms with Crippen LogP contribution >= 0.6 is 0 Å². The van der Waals surface area contributed by atoms with Gasteiger partial charge in [-0.15, -0.1) is 0 Å². The molecule has 1 heterocycles. The van der Waals surface area contributed by atoms with Crippen molar-refractivity contribution in [2.45, 2.75) is 19.3 Å². The second kappa shape index (κ2) is 4.61. The minimum Gasteiger partial charge on any atom is -0.504 e. The first-order chi connectivity index (χ1) is 7.68. The van der Waals surface area contributed by atoms with Gasteiger partial charge in [-0.2, -0.15) is 0 Å². The van der Waals surface area contributed by atoms with Gasteiger partial charge in [-0.3, -0.25) is 0 Å². The number of aromatic hydroxyl groups is 3. The Kier molecular flexibility index (Phi) is 3.19. The lowest BCUT2D eigenvalue weighted by molar-refractivity contribution is 0.349. The molecule has 4 nitrogen and oxygen atoms in total. The standard InChI is InChI=1S/C12H17NO3/c14-10-2-1-9(11(15)12(10)16)7-8-3-5-13-6-4-8/h1-2,8,13-16H,3-7H2. The van der Waals surface area contributed by atoms with Gasteiger partial charge >= 0.3 is 0 Å². The summed E-state index contributed by atoms with van der Waals surface area (Å²) in [6.07, 6.45) is 2.92. The Morgan fingerprint density at radius 2 is 1.75 bits per heavy atom. The van der Waals surface area contributed by atoms with E-state index in [0.717, 1.165) is 32.4 Å². The summed E-state index contributed by atoms with van der Waals surface area (Å²) in [5.74, 6) is -0.326. The molecular weight excluding hydrogens is 206 g/mol. The van der Waals surface area contributed by atoms with Crippen molar-refractivity contribution < 1.29 is 15.3 Å². The van der Waals surface area contributed by atoms with Gasteiger partial charge in [-0.05, 0) is 49.9 Å². The molecule has 0 radical (unpaired) electrons. The summed E-state index contributed by atoms with van der Waals surface area (Å²) < 4.78 is 0. The average molecular weight is 223 g/mol. The summed E-state index contributed by atoms with van der Waals surface area (Å²) >= 11 is 0. The van der Waals surface area contributed by atoms with Crippen molar-refractivity contribution in [1.82, 2.24) is 5.32 Å². The molecule has 88 valence electrons. The van der Waals surface area contributed by atoms with Crippen LogP contribution in [-0.2, 0) is 6.42 Å². The third kappa shape index (κ3) is 2.22. The minimum absolute atomic E-state index is 0.182. The fourth-order valence-corrected chi connectivity index (χ4v) is 2.17. The van der Waals surface area contributed by atoms with E-state index in [1.54, 1.807) is 6.07 Å². The van der Waals surface area contributed by atoms with Gasteiger partial charge in [0, 0.05) is 0 Å². The van der Waals surface area contributed by atoms with Crippen LogP contribution in [0, 0.1) is 5.92 Å². The summed E-state index contributed by atoms with van der Waals surface area (Å²) in [4.78, 5) is 0. The average Bonchev–Trinajstić information content (AvgIpc) is 2.31. The van der Waals surface area contributed by atoms with Gasteiger partial charge in [0.25, 0.3) is 0 Å². The zero-order valence-corrected chi connectivity index (χ0v) is 9.11. The topological polar surface area (TPSA) is 72.7 Å². The van der Waals surface area contributed by atoms with E-state index in [4.69, 9.17) is 0 Å². The number of rotatable bonds is 2. The molecule has 1 aromatic carbocycles. The Morgan fingerprint density at radius 1 is 1.06 bits per heavy atom. The lowest BCUT2D eigenvalue weighted by Gasteiger charge is -2.23. The zero-order chi connectivity index (χ0) is 11.5. The third-order valence-electron chi connectivity index (χ3n) is 3.18. The molecule has 0 unspecified atom stereocenters. The van der Waals surface area contributed by atoms with E-state index in [-0.39, 0.29) is 11.5 Å².